The first kappa shape index (κ1) is 25.3. The van der Waals surface area contributed by atoms with Crippen LogP contribution in [0.2, 0.25) is 5.02 Å². The first-order valence-corrected chi connectivity index (χ1v) is 11.4. The van der Waals surface area contributed by atoms with E-state index in [1.54, 1.807) is 30.3 Å². The van der Waals surface area contributed by atoms with Crippen LogP contribution in [0.15, 0.2) is 90.0 Å². The summed E-state index contributed by atoms with van der Waals surface area (Å²) in [7, 11) is 0. The van der Waals surface area contributed by atoms with Gasteiger partial charge in [0.05, 0.1) is 16.7 Å². The van der Waals surface area contributed by atoms with E-state index in [0.29, 0.717) is 21.9 Å². The van der Waals surface area contributed by atoms with Crippen molar-refractivity contribution in [3.63, 3.8) is 0 Å². The lowest BCUT2D eigenvalue weighted by Crippen LogP contribution is -2.33. The van der Waals surface area contributed by atoms with Gasteiger partial charge in [-0.1, -0.05) is 41.9 Å². The van der Waals surface area contributed by atoms with Crippen molar-refractivity contribution in [3.05, 3.63) is 111 Å². The van der Waals surface area contributed by atoms with Gasteiger partial charge in [0, 0.05) is 22.7 Å². The molecule has 10 heteroatoms. The zero-order valence-corrected chi connectivity index (χ0v) is 20.2. The molecule has 1 unspecified atom stereocenters. The van der Waals surface area contributed by atoms with E-state index in [9.17, 15) is 19.7 Å². The molecular formula is C27H20ClN3O6. The molecule has 0 aliphatic heterocycles. The lowest BCUT2D eigenvalue weighted by atomic mass is 10.0. The Morgan fingerprint density at radius 1 is 1.00 bits per heavy atom. The van der Waals surface area contributed by atoms with Crippen LogP contribution in [0.25, 0.3) is 10.8 Å². The maximum atomic E-state index is 12.7. The number of fused-ring (bicyclic) bond motifs is 1. The number of carbonyl (C=O) groups is 2. The third-order valence-corrected chi connectivity index (χ3v) is 5.56. The van der Waals surface area contributed by atoms with Crippen LogP contribution in [-0.4, -0.2) is 29.1 Å². The number of rotatable bonds is 8. The third-order valence-electron chi connectivity index (χ3n) is 5.31. The predicted octanol–water partition coefficient (Wildman–Crippen LogP) is 5.54. The van der Waals surface area contributed by atoms with Crippen LogP contribution in [0.3, 0.4) is 0 Å². The molecule has 0 aliphatic carbocycles. The minimum absolute atomic E-state index is 0.0864. The summed E-state index contributed by atoms with van der Waals surface area (Å²) in [6.45, 7) is 1.52. The standard InChI is InChI=1S/C27H20ClN3O6/c1-17(36-22-13-11-21(12-14-22)31(34)35)26(32)30-29-16-24-23-5-3-2-4-18(23)8-15-25(24)37-27(33)19-6-9-20(28)10-7-19/h2-17H,1H3,(H,30,32)/b29-16+. The van der Waals surface area contributed by atoms with Crippen LogP contribution in [0.1, 0.15) is 22.8 Å². The molecule has 0 radical (unpaired) electrons. The van der Waals surface area contributed by atoms with Gasteiger partial charge in [-0.3, -0.25) is 14.9 Å². The van der Waals surface area contributed by atoms with Crippen molar-refractivity contribution in [2.75, 3.05) is 0 Å². The van der Waals surface area contributed by atoms with Crippen molar-refractivity contribution >= 4 is 46.2 Å². The number of benzene rings is 4. The van der Waals surface area contributed by atoms with Crippen LogP contribution < -0.4 is 14.9 Å². The molecule has 0 saturated heterocycles. The number of amides is 1. The number of nitro benzene ring substituents is 1. The molecule has 0 fully saturated rings. The summed E-state index contributed by atoms with van der Waals surface area (Å²) < 4.78 is 11.2. The minimum atomic E-state index is -0.937. The number of nitro groups is 1. The molecule has 1 N–H and O–H groups in total. The van der Waals surface area contributed by atoms with Gasteiger partial charge in [0.1, 0.15) is 11.5 Å². The van der Waals surface area contributed by atoms with E-state index in [4.69, 9.17) is 21.1 Å². The van der Waals surface area contributed by atoms with Gasteiger partial charge in [0.2, 0.25) is 0 Å². The summed E-state index contributed by atoms with van der Waals surface area (Å²) in [4.78, 5) is 35.4. The first-order chi connectivity index (χ1) is 17.8. The number of esters is 1. The molecule has 9 nitrogen and oxygen atoms in total. The highest BCUT2D eigenvalue weighted by molar-refractivity contribution is 6.30. The van der Waals surface area contributed by atoms with Crippen LogP contribution in [0, 0.1) is 10.1 Å². The molecule has 0 bridgehead atoms. The summed E-state index contributed by atoms with van der Waals surface area (Å²) in [6, 6.07) is 22.6. The maximum absolute atomic E-state index is 12.7. The zero-order chi connectivity index (χ0) is 26.4. The third kappa shape index (κ3) is 6.28. The van der Waals surface area contributed by atoms with E-state index in [2.05, 4.69) is 10.5 Å². The Labute approximate surface area is 216 Å². The molecule has 0 heterocycles. The molecule has 1 amide bonds. The fourth-order valence-electron chi connectivity index (χ4n) is 3.40. The second-order valence-electron chi connectivity index (χ2n) is 7.84. The number of nitrogens with zero attached hydrogens (tertiary/aromatic N) is 2. The minimum Gasteiger partial charge on any atom is -0.481 e. The van der Waals surface area contributed by atoms with Crippen molar-refractivity contribution in [2.45, 2.75) is 13.0 Å². The van der Waals surface area contributed by atoms with E-state index >= 15 is 0 Å². The maximum Gasteiger partial charge on any atom is 0.343 e. The van der Waals surface area contributed by atoms with Crippen LogP contribution >= 0.6 is 11.6 Å². The van der Waals surface area contributed by atoms with E-state index < -0.39 is 22.9 Å². The summed E-state index contributed by atoms with van der Waals surface area (Å²) in [5, 5.41) is 17.0. The van der Waals surface area contributed by atoms with E-state index in [-0.39, 0.29) is 11.4 Å². The fraction of sp³-hybridized carbons (Fsp3) is 0.0741. The summed E-state index contributed by atoms with van der Waals surface area (Å²) in [5.74, 6) is -0.570. The molecule has 186 valence electrons. The SMILES string of the molecule is CC(Oc1ccc([N+](=O)[O-])cc1)C(=O)N/N=C/c1c(OC(=O)c2ccc(Cl)cc2)ccc2ccccc12. The lowest BCUT2D eigenvalue weighted by Gasteiger charge is -2.13. The number of hydrogen-bond acceptors (Lipinski definition) is 7. The van der Waals surface area contributed by atoms with Crippen molar-refractivity contribution in [2.24, 2.45) is 5.10 Å². The van der Waals surface area contributed by atoms with Crippen molar-refractivity contribution in [1.29, 1.82) is 0 Å². The topological polar surface area (TPSA) is 120 Å². The van der Waals surface area contributed by atoms with E-state index in [0.717, 1.165) is 10.8 Å². The van der Waals surface area contributed by atoms with Gasteiger partial charge in [-0.15, -0.1) is 0 Å². The number of ether oxygens (including phenoxy) is 2. The molecule has 1 atom stereocenters. The molecule has 4 aromatic rings. The molecule has 4 aromatic carbocycles. The number of carbonyl (C=O) groups excluding carboxylic acids is 2. The number of nitrogens with one attached hydrogen (secondary N) is 1. The molecule has 0 aromatic heterocycles. The molecule has 4 rings (SSSR count). The Morgan fingerprint density at radius 2 is 1.70 bits per heavy atom. The molecule has 37 heavy (non-hydrogen) atoms. The summed E-state index contributed by atoms with van der Waals surface area (Å²) in [5.41, 5.74) is 3.14. The molecule has 0 saturated carbocycles. The average Bonchev–Trinajstić information content (AvgIpc) is 2.90. The fourth-order valence-corrected chi connectivity index (χ4v) is 3.52. The van der Waals surface area contributed by atoms with Gasteiger partial charge < -0.3 is 9.47 Å². The van der Waals surface area contributed by atoms with Crippen LogP contribution in [-0.2, 0) is 4.79 Å². The van der Waals surface area contributed by atoms with E-state index in [1.165, 1.54) is 37.4 Å². The summed E-state index contributed by atoms with van der Waals surface area (Å²) in [6.07, 6.45) is 0.455. The number of halogens is 1. The Kier molecular flexibility index (Phi) is 7.75. The van der Waals surface area contributed by atoms with Crippen LogP contribution in [0.5, 0.6) is 11.5 Å². The van der Waals surface area contributed by atoms with Crippen molar-refractivity contribution < 1.29 is 24.0 Å². The molecule has 0 spiro atoms. The number of hydrazone groups is 1. The Hall–Kier alpha value is -4.76. The smallest absolute Gasteiger partial charge is 0.343 e. The highest BCUT2D eigenvalue weighted by Gasteiger charge is 2.16. The molecule has 0 aliphatic rings. The highest BCUT2D eigenvalue weighted by Crippen LogP contribution is 2.27. The quantitative estimate of drug-likeness (QED) is 0.108. The Bertz CT molecular complexity index is 1490. The van der Waals surface area contributed by atoms with Crippen molar-refractivity contribution in [3.8, 4) is 11.5 Å². The zero-order valence-electron chi connectivity index (χ0n) is 19.5. The highest BCUT2D eigenvalue weighted by atomic mass is 35.5. The lowest BCUT2D eigenvalue weighted by molar-refractivity contribution is -0.384. The second kappa shape index (κ2) is 11.3. The number of hydrogen-bond donors (Lipinski definition) is 1. The first-order valence-electron chi connectivity index (χ1n) is 11.1. The molecular weight excluding hydrogens is 498 g/mol. The second-order valence-corrected chi connectivity index (χ2v) is 8.28. The van der Waals surface area contributed by atoms with Gasteiger partial charge in [-0.25, -0.2) is 10.2 Å². The largest absolute Gasteiger partial charge is 0.481 e. The Balaban J connectivity index is 1.50. The normalized spacial score (nSPS) is 11.7. The van der Waals surface area contributed by atoms with Gasteiger partial charge in [0.15, 0.2) is 6.10 Å². The summed E-state index contributed by atoms with van der Waals surface area (Å²) >= 11 is 5.90. The average molecular weight is 518 g/mol. The Morgan fingerprint density at radius 3 is 2.41 bits per heavy atom. The monoisotopic (exact) mass is 517 g/mol. The van der Waals surface area contributed by atoms with E-state index in [1.807, 2.05) is 30.3 Å². The van der Waals surface area contributed by atoms with Crippen molar-refractivity contribution in [1.82, 2.24) is 5.43 Å². The predicted molar refractivity (Wildman–Crippen MR) is 139 cm³/mol. The van der Waals surface area contributed by atoms with Crippen LogP contribution in [0.4, 0.5) is 5.69 Å². The van der Waals surface area contributed by atoms with Gasteiger partial charge in [-0.05, 0) is 60.2 Å². The van der Waals surface area contributed by atoms with Gasteiger partial charge in [0.25, 0.3) is 11.6 Å². The van der Waals surface area contributed by atoms with Gasteiger partial charge in [-0.2, -0.15) is 5.10 Å². The number of non-ortho nitro benzene ring substituents is 1. The van der Waals surface area contributed by atoms with Gasteiger partial charge >= 0.3 is 5.97 Å².